The summed E-state index contributed by atoms with van der Waals surface area (Å²) in [5.41, 5.74) is 6.93. The molecule has 1 N–H and O–H groups in total. The van der Waals surface area contributed by atoms with Gasteiger partial charge in [0.15, 0.2) is 0 Å². The van der Waals surface area contributed by atoms with Crippen LogP contribution in [-0.2, 0) is 6.42 Å². The molecule has 2 nitrogen and oxygen atoms in total. The fourth-order valence-electron chi connectivity index (χ4n) is 4.02. The highest BCUT2D eigenvalue weighted by Gasteiger charge is 2.26. The molecule has 1 aromatic rings. The molecule has 0 saturated carbocycles. The number of hydrogen-bond donors (Lipinski definition) is 1. The van der Waals surface area contributed by atoms with Crippen LogP contribution in [0.3, 0.4) is 0 Å². The van der Waals surface area contributed by atoms with E-state index in [4.69, 9.17) is 0 Å². The number of nitrogens with one attached hydrogen (secondary N) is 1. The largest absolute Gasteiger partial charge is 0.254 e. The van der Waals surface area contributed by atoms with Crippen LogP contribution in [-0.4, -0.2) is 23.6 Å². The Labute approximate surface area is 123 Å². The minimum atomic E-state index is 0.678. The van der Waals surface area contributed by atoms with Crippen molar-refractivity contribution in [2.45, 2.75) is 70.4 Å². The number of fused-ring (bicyclic) bond motifs is 1. The van der Waals surface area contributed by atoms with Crippen LogP contribution < -0.4 is 5.43 Å². The van der Waals surface area contributed by atoms with Crippen LogP contribution in [0.4, 0.5) is 0 Å². The van der Waals surface area contributed by atoms with Crippen molar-refractivity contribution in [3.63, 3.8) is 0 Å². The summed E-state index contributed by atoms with van der Waals surface area (Å²) < 4.78 is 0. The minimum Gasteiger partial charge on any atom is -0.254 e. The summed E-state index contributed by atoms with van der Waals surface area (Å²) in [7, 11) is 0. The van der Waals surface area contributed by atoms with Crippen molar-refractivity contribution in [1.82, 2.24) is 10.4 Å². The number of aryl methyl sites for hydroxylation is 1. The van der Waals surface area contributed by atoms with Gasteiger partial charge in [0.25, 0.3) is 0 Å². The van der Waals surface area contributed by atoms with Crippen molar-refractivity contribution >= 4 is 0 Å². The Morgan fingerprint density at radius 1 is 1.05 bits per heavy atom. The van der Waals surface area contributed by atoms with Crippen LogP contribution >= 0.6 is 0 Å². The highest BCUT2D eigenvalue weighted by Crippen LogP contribution is 2.31. The van der Waals surface area contributed by atoms with Gasteiger partial charge in [-0.25, -0.2) is 5.01 Å². The van der Waals surface area contributed by atoms with Gasteiger partial charge in [-0.2, -0.15) is 0 Å². The van der Waals surface area contributed by atoms with E-state index in [-0.39, 0.29) is 0 Å². The summed E-state index contributed by atoms with van der Waals surface area (Å²) in [5.74, 6) is 0.696. The number of piperidine rings is 1. The lowest BCUT2D eigenvalue weighted by atomic mass is 9.83. The molecule has 3 rings (SSSR count). The van der Waals surface area contributed by atoms with Gasteiger partial charge < -0.3 is 0 Å². The van der Waals surface area contributed by atoms with Crippen LogP contribution in [0.5, 0.6) is 0 Å². The molecule has 0 bridgehead atoms. The second-order valence-electron chi connectivity index (χ2n) is 6.69. The van der Waals surface area contributed by atoms with E-state index in [1.807, 2.05) is 0 Å². The van der Waals surface area contributed by atoms with Crippen molar-refractivity contribution in [2.75, 3.05) is 6.54 Å². The zero-order valence-corrected chi connectivity index (χ0v) is 12.9. The topological polar surface area (TPSA) is 15.3 Å². The molecule has 20 heavy (non-hydrogen) atoms. The second kappa shape index (κ2) is 6.28. The standard InChI is InChI=1S/C18H28N2/c1-14-7-5-8-15(2)20(14)19-13-17-11-6-10-16-9-3-4-12-18(16)17/h3-4,9,12,14-15,17,19H,5-8,10-11,13H2,1-2H3. The van der Waals surface area contributed by atoms with Crippen LogP contribution in [0.25, 0.3) is 0 Å². The van der Waals surface area contributed by atoms with E-state index in [0.29, 0.717) is 18.0 Å². The fraction of sp³-hybridized carbons (Fsp3) is 0.667. The number of nitrogens with zero attached hydrogens (tertiary/aromatic N) is 1. The SMILES string of the molecule is CC1CCCC(C)N1NCC1CCCc2ccccc21. The Balaban J connectivity index is 1.64. The third-order valence-corrected chi connectivity index (χ3v) is 5.21. The molecule has 1 aromatic carbocycles. The quantitative estimate of drug-likeness (QED) is 0.898. The van der Waals surface area contributed by atoms with Crippen LogP contribution in [0.15, 0.2) is 24.3 Å². The second-order valence-corrected chi connectivity index (χ2v) is 6.69. The van der Waals surface area contributed by atoms with Crippen LogP contribution in [0, 0.1) is 0 Å². The minimum absolute atomic E-state index is 0.678. The normalized spacial score (nSPS) is 31.0. The van der Waals surface area contributed by atoms with E-state index >= 15 is 0 Å². The van der Waals surface area contributed by atoms with E-state index in [1.54, 1.807) is 11.1 Å². The Morgan fingerprint density at radius 3 is 2.60 bits per heavy atom. The molecule has 1 aliphatic heterocycles. The number of rotatable bonds is 3. The van der Waals surface area contributed by atoms with E-state index in [2.05, 4.69) is 48.5 Å². The van der Waals surface area contributed by atoms with E-state index in [0.717, 1.165) is 6.54 Å². The molecule has 110 valence electrons. The van der Waals surface area contributed by atoms with Gasteiger partial charge in [-0.3, -0.25) is 5.43 Å². The van der Waals surface area contributed by atoms with Crippen molar-refractivity contribution in [3.8, 4) is 0 Å². The predicted molar refractivity (Wildman–Crippen MR) is 84.7 cm³/mol. The van der Waals surface area contributed by atoms with E-state index < -0.39 is 0 Å². The number of benzene rings is 1. The smallest absolute Gasteiger partial charge is 0.0218 e. The van der Waals surface area contributed by atoms with Gasteiger partial charge in [0, 0.05) is 18.6 Å². The summed E-state index contributed by atoms with van der Waals surface area (Å²) >= 11 is 0. The van der Waals surface area contributed by atoms with Crippen molar-refractivity contribution in [3.05, 3.63) is 35.4 Å². The van der Waals surface area contributed by atoms with Crippen molar-refractivity contribution in [1.29, 1.82) is 0 Å². The van der Waals surface area contributed by atoms with Gasteiger partial charge in [0.2, 0.25) is 0 Å². The van der Waals surface area contributed by atoms with Gasteiger partial charge >= 0.3 is 0 Å². The molecule has 0 amide bonds. The maximum absolute atomic E-state index is 3.77. The molecule has 0 aromatic heterocycles. The molecular weight excluding hydrogens is 244 g/mol. The summed E-state index contributed by atoms with van der Waals surface area (Å²) in [6.07, 6.45) is 7.99. The summed E-state index contributed by atoms with van der Waals surface area (Å²) in [6, 6.07) is 10.4. The van der Waals surface area contributed by atoms with Gasteiger partial charge in [0.1, 0.15) is 0 Å². The first-order chi connectivity index (χ1) is 9.75. The highest BCUT2D eigenvalue weighted by molar-refractivity contribution is 5.32. The van der Waals surface area contributed by atoms with Crippen LogP contribution in [0.2, 0.25) is 0 Å². The Morgan fingerprint density at radius 2 is 1.80 bits per heavy atom. The number of hydrazine groups is 1. The monoisotopic (exact) mass is 272 g/mol. The fourth-order valence-corrected chi connectivity index (χ4v) is 4.02. The molecule has 1 fully saturated rings. The lowest BCUT2D eigenvalue weighted by molar-refractivity contribution is 0.0435. The van der Waals surface area contributed by atoms with Gasteiger partial charge in [-0.15, -0.1) is 0 Å². The van der Waals surface area contributed by atoms with E-state index in [1.165, 1.54) is 38.5 Å². The molecule has 1 heterocycles. The first-order valence-corrected chi connectivity index (χ1v) is 8.35. The Bertz CT molecular complexity index is 433. The maximum atomic E-state index is 3.77. The molecule has 0 radical (unpaired) electrons. The first-order valence-electron chi connectivity index (χ1n) is 8.35. The molecule has 1 saturated heterocycles. The van der Waals surface area contributed by atoms with Crippen molar-refractivity contribution < 1.29 is 0 Å². The molecule has 3 unspecified atom stereocenters. The zero-order chi connectivity index (χ0) is 13.9. The third-order valence-electron chi connectivity index (χ3n) is 5.21. The average molecular weight is 272 g/mol. The molecular formula is C18H28N2. The lowest BCUT2D eigenvalue weighted by Gasteiger charge is -2.40. The molecule has 1 aliphatic carbocycles. The first kappa shape index (κ1) is 14.1. The summed E-state index contributed by atoms with van der Waals surface area (Å²) in [6.45, 7) is 5.82. The highest BCUT2D eigenvalue weighted by atomic mass is 15.5. The predicted octanol–water partition coefficient (Wildman–Crippen LogP) is 3.87. The Kier molecular flexibility index (Phi) is 4.42. The lowest BCUT2D eigenvalue weighted by Crippen LogP contribution is -2.53. The van der Waals surface area contributed by atoms with Crippen molar-refractivity contribution in [2.24, 2.45) is 0 Å². The Hall–Kier alpha value is -0.860. The molecule has 0 spiro atoms. The molecule has 2 heteroatoms. The van der Waals surface area contributed by atoms with Gasteiger partial charge in [-0.05, 0) is 63.0 Å². The molecule has 3 atom stereocenters. The summed E-state index contributed by atoms with van der Waals surface area (Å²) in [4.78, 5) is 0. The zero-order valence-electron chi connectivity index (χ0n) is 12.9. The van der Waals surface area contributed by atoms with Gasteiger partial charge in [-0.1, -0.05) is 30.7 Å². The maximum Gasteiger partial charge on any atom is 0.0218 e. The summed E-state index contributed by atoms with van der Waals surface area (Å²) in [5, 5.41) is 2.51. The number of hydrogen-bond acceptors (Lipinski definition) is 2. The van der Waals surface area contributed by atoms with Gasteiger partial charge in [0.05, 0.1) is 0 Å². The average Bonchev–Trinajstić information content (AvgIpc) is 2.47. The molecule has 2 aliphatic rings. The third kappa shape index (κ3) is 2.91. The van der Waals surface area contributed by atoms with E-state index in [9.17, 15) is 0 Å². The van der Waals surface area contributed by atoms with Crippen LogP contribution in [0.1, 0.15) is 63.0 Å².